The number of halogens is 3. The van der Waals surface area contributed by atoms with Crippen molar-refractivity contribution < 1.29 is 22.6 Å². The number of aryl methyl sites for hydroxylation is 1. The van der Waals surface area contributed by atoms with E-state index in [0.717, 1.165) is 61.7 Å². The Morgan fingerprint density at radius 2 is 1.85 bits per heavy atom. The van der Waals surface area contributed by atoms with E-state index in [1.165, 1.54) is 0 Å². The molecule has 0 radical (unpaired) electrons. The minimum absolute atomic E-state index is 0.0143. The Bertz CT molecular complexity index is 1120. The summed E-state index contributed by atoms with van der Waals surface area (Å²) in [5, 5.41) is 0.858. The quantitative estimate of drug-likeness (QED) is 0.568. The number of hydrogen-bond acceptors (Lipinski definition) is 6. The Labute approximate surface area is 189 Å². The van der Waals surface area contributed by atoms with E-state index in [1.807, 2.05) is 18.2 Å². The highest BCUT2D eigenvalue weighted by Gasteiger charge is 2.35. The first kappa shape index (κ1) is 21.9. The van der Waals surface area contributed by atoms with Crippen LogP contribution < -0.4 is 9.64 Å². The van der Waals surface area contributed by atoms with E-state index in [9.17, 15) is 13.2 Å². The van der Waals surface area contributed by atoms with Gasteiger partial charge < -0.3 is 18.9 Å². The summed E-state index contributed by atoms with van der Waals surface area (Å²) in [6.45, 7) is 4.47. The molecule has 2 fully saturated rings. The standard InChI is InChI=1S/C23H26F3N5O2/c1-15-28-20(23(24,25)26)14-31(15)16-4-6-17(7-5-16)33-22-18-3-2-8-27-19(18)13-21(29-22)30-9-11-32-12-10-30/h2-3,8,13-14,16-17H,4-7,9-12H2,1H3. The zero-order chi connectivity index (χ0) is 23.0. The second-order valence-corrected chi connectivity index (χ2v) is 8.58. The van der Waals surface area contributed by atoms with Crippen LogP contribution in [0.25, 0.3) is 10.9 Å². The molecule has 5 rings (SSSR count). The molecule has 1 aliphatic carbocycles. The van der Waals surface area contributed by atoms with E-state index in [-0.39, 0.29) is 12.1 Å². The van der Waals surface area contributed by atoms with Crippen LogP contribution in [0.2, 0.25) is 0 Å². The van der Waals surface area contributed by atoms with Gasteiger partial charge in [-0.25, -0.2) is 4.98 Å². The van der Waals surface area contributed by atoms with Crippen molar-refractivity contribution in [2.24, 2.45) is 0 Å². The molecule has 10 heteroatoms. The molecule has 0 unspecified atom stereocenters. The largest absolute Gasteiger partial charge is 0.474 e. The number of imidazole rings is 1. The van der Waals surface area contributed by atoms with Gasteiger partial charge in [0.15, 0.2) is 5.69 Å². The molecule has 176 valence electrons. The van der Waals surface area contributed by atoms with Gasteiger partial charge >= 0.3 is 6.18 Å². The van der Waals surface area contributed by atoms with Crippen LogP contribution in [0.1, 0.15) is 43.2 Å². The fourth-order valence-electron chi connectivity index (χ4n) is 4.67. The van der Waals surface area contributed by atoms with Gasteiger partial charge in [-0.2, -0.15) is 18.2 Å². The average Bonchev–Trinajstić information content (AvgIpc) is 3.22. The van der Waals surface area contributed by atoms with Crippen LogP contribution in [-0.2, 0) is 10.9 Å². The summed E-state index contributed by atoms with van der Waals surface area (Å²) in [6.07, 6.45) is 1.31. The van der Waals surface area contributed by atoms with Crippen molar-refractivity contribution in [3.63, 3.8) is 0 Å². The molecule has 1 aliphatic heterocycles. The maximum Gasteiger partial charge on any atom is 0.434 e. The Morgan fingerprint density at radius 3 is 2.55 bits per heavy atom. The molecule has 1 saturated carbocycles. The molecule has 2 aliphatic rings. The molecule has 0 N–H and O–H groups in total. The normalized spacial score (nSPS) is 22.0. The highest BCUT2D eigenvalue weighted by Crippen LogP contribution is 2.36. The van der Waals surface area contributed by atoms with Crippen LogP contribution in [-0.4, -0.2) is 51.9 Å². The Morgan fingerprint density at radius 1 is 1.09 bits per heavy atom. The predicted octanol–water partition coefficient (Wildman–Crippen LogP) is 4.55. The molecule has 4 heterocycles. The van der Waals surface area contributed by atoms with Gasteiger partial charge in [0, 0.05) is 37.6 Å². The lowest BCUT2D eigenvalue weighted by molar-refractivity contribution is -0.141. The van der Waals surface area contributed by atoms with E-state index in [4.69, 9.17) is 14.5 Å². The highest BCUT2D eigenvalue weighted by atomic mass is 19.4. The van der Waals surface area contributed by atoms with Crippen LogP contribution in [0.5, 0.6) is 5.88 Å². The predicted molar refractivity (Wildman–Crippen MR) is 116 cm³/mol. The van der Waals surface area contributed by atoms with Crippen LogP contribution in [0.15, 0.2) is 30.6 Å². The minimum atomic E-state index is -4.43. The maximum atomic E-state index is 13.0. The van der Waals surface area contributed by atoms with Crippen LogP contribution >= 0.6 is 0 Å². The first-order chi connectivity index (χ1) is 15.9. The molecule has 3 aromatic heterocycles. The number of morpholine rings is 1. The number of alkyl halides is 3. The van der Waals surface area contributed by atoms with Crippen LogP contribution in [0, 0.1) is 6.92 Å². The summed E-state index contributed by atoms with van der Waals surface area (Å²) in [4.78, 5) is 15.2. The fourth-order valence-corrected chi connectivity index (χ4v) is 4.67. The van der Waals surface area contributed by atoms with Gasteiger partial charge in [-0.15, -0.1) is 0 Å². The Kier molecular flexibility index (Phi) is 5.86. The van der Waals surface area contributed by atoms with E-state index in [1.54, 1.807) is 17.7 Å². The third kappa shape index (κ3) is 4.62. The number of aromatic nitrogens is 4. The first-order valence-electron chi connectivity index (χ1n) is 11.3. The molecule has 0 atom stereocenters. The van der Waals surface area contributed by atoms with Crippen molar-refractivity contribution in [1.82, 2.24) is 19.5 Å². The molecule has 0 amide bonds. The number of ether oxygens (including phenoxy) is 2. The number of hydrogen-bond donors (Lipinski definition) is 0. The summed E-state index contributed by atoms with van der Waals surface area (Å²) in [7, 11) is 0. The zero-order valence-electron chi connectivity index (χ0n) is 18.4. The van der Waals surface area contributed by atoms with Gasteiger partial charge in [-0.05, 0) is 44.7 Å². The van der Waals surface area contributed by atoms with Crippen LogP contribution in [0.4, 0.5) is 19.0 Å². The zero-order valence-corrected chi connectivity index (χ0v) is 18.4. The lowest BCUT2D eigenvalue weighted by Crippen LogP contribution is -2.36. The number of anilines is 1. The number of nitrogens with zero attached hydrogens (tertiary/aromatic N) is 5. The van der Waals surface area contributed by atoms with Gasteiger partial charge in [0.05, 0.1) is 24.1 Å². The first-order valence-corrected chi connectivity index (χ1v) is 11.3. The van der Waals surface area contributed by atoms with Crippen molar-refractivity contribution >= 4 is 16.7 Å². The molecular weight excluding hydrogens is 435 g/mol. The summed E-state index contributed by atoms with van der Waals surface area (Å²) in [5.74, 6) is 1.77. The summed E-state index contributed by atoms with van der Waals surface area (Å²) in [6, 6.07) is 5.78. The number of pyridine rings is 2. The third-order valence-electron chi connectivity index (χ3n) is 6.41. The molecule has 0 bridgehead atoms. The summed E-state index contributed by atoms with van der Waals surface area (Å²) >= 11 is 0. The van der Waals surface area contributed by atoms with E-state index in [2.05, 4.69) is 14.9 Å². The van der Waals surface area contributed by atoms with Crippen molar-refractivity contribution in [3.8, 4) is 5.88 Å². The average molecular weight is 461 g/mol. The van der Waals surface area contributed by atoms with Crippen molar-refractivity contribution in [1.29, 1.82) is 0 Å². The molecule has 33 heavy (non-hydrogen) atoms. The lowest BCUT2D eigenvalue weighted by atomic mass is 9.92. The molecular formula is C23H26F3N5O2. The molecule has 3 aromatic rings. The number of rotatable bonds is 4. The van der Waals surface area contributed by atoms with Gasteiger partial charge in [0.2, 0.25) is 5.88 Å². The summed E-state index contributed by atoms with van der Waals surface area (Å²) < 4.78 is 52.6. The molecule has 0 spiro atoms. The van der Waals surface area contributed by atoms with E-state index in [0.29, 0.717) is 24.9 Å². The second kappa shape index (κ2) is 8.81. The van der Waals surface area contributed by atoms with Crippen molar-refractivity contribution in [2.45, 2.75) is 50.9 Å². The van der Waals surface area contributed by atoms with Gasteiger partial charge in [0.1, 0.15) is 17.7 Å². The highest BCUT2D eigenvalue weighted by molar-refractivity contribution is 5.85. The van der Waals surface area contributed by atoms with Gasteiger partial charge in [-0.1, -0.05) is 0 Å². The van der Waals surface area contributed by atoms with E-state index < -0.39 is 11.9 Å². The topological polar surface area (TPSA) is 65.3 Å². The minimum Gasteiger partial charge on any atom is -0.474 e. The monoisotopic (exact) mass is 461 g/mol. The fraction of sp³-hybridized carbons (Fsp3) is 0.522. The number of fused-ring (bicyclic) bond motifs is 1. The Balaban J connectivity index is 1.31. The van der Waals surface area contributed by atoms with Gasteiger partial charge in [-0.3, -0.25) is 4.98 Å². The van der Waals surface area contributed by atoms with Crippen molar-refractivity contribution in [2.75, 3.05) is 31.2 Å². The van der Waals surface area contributed by atoms with Crippen molar-refractivity contribution in [3.05, 3.63) is 42.1 Å². The summed E-state index contributed by atoms with van der Waals surface area (Å²) in [5.41, 5.74) is -0.00660. The van der Waals surface area contributed by atoms with Gasteiger partial charge in [0.25, 0.3) is 0 Å². The van der Waals surface area contributed by atoms with E-state index >= 15 is 0 Å². The smallest absolute Gasteiger partial charge is 0.434 e. The molecule has 0 aromatic carbocycles. The second-order valence-electron chi connectivity index (χ2n) is 8.58. The molecule has 1 saturated heterocycles. The molecule has 7 nitrogen and oxygen atoms in total. The maximum absolute atomic E-state index is 13.0. The SMILES string of the molecule is Cc1nc(C(F)(F)F)cn1C1CCC(Oc2nc(N3CCOCC3)cc3ncccc23)CC1. The van der Waals surface area contributed by atoms with Crippen LogP contribution in [0.3, 0.4) is 0 Å². The third-order valence-corrected chi connectivity index (χ3v) is 6.41. The lowest BCUT2D eigenvalue weighted by Gasteiger charge is -2.31. The Hall–Kier alpha value is -2.88.